The van der Waals surface area contributed by atoms with Gasteiger partial charge in [0.25, 0.3) is 0 Å². The molecule has 1 fully saturated rings. The van der Waals surface area contributed by atoms with Crippen molar-refractivity contribution in [3.63, 3.8) is 0 Å². The van der Waals surface area contributed by atoms with Gasteiger partial charge in [-0.15, -0.1) is 0 Å². The number of ether oxygens (including phenoxy) is 1. The molecule has 5 heteroatoms. The molecule has 2 heterocycles. The molecule has 0 aliphatic carbocycles. The number of aliphatic hydroxyl groups is 1. The van der Waals surface area contributed by atoms with E-state index in [2.05, 4.69) is 30.3 Å². The SMILES string of the molecule is CCc1cc(CNCC2(O)CCOC2)n(CC)n1. The van der Waals surface area contributed by atoms with Gasteiger partial charge in [0.1, 0.15) is 5.60 Å². The van der Waals surface area contributed by atoms with Crippen LogP contribution >= 0.6 is 0 Å². The number of hydrogen-bond acceptors (Lipinski definition) is 4. The second kappa shape index (κ2) is 5.82. The van der Waals surface area contributed by atoms with Crippen LogP contribution in [0.2, 0.25) is 0 Å². The Bertz CT molecular complexity index is 384. The summed E-state index contributed by atoms with van der Waals surface area (Å²) in [7, 11) is 0. The van der Waals surface area contributed by atoms with Crippen LogP contribution in [0.4, 0.5) is 0 Å². The molecule has 1 saturated heterocycles. The van der Waals surface area contributed by atoms with E-state index >= 15 is 0 Å². The molecule has 2 rings (SSSR count). The fraction of sp³-hybridized carbons (Fsp3) is 0.769. The first-order valence-corrected chi connectivity index (χ1v) is 6.73. The molecular weight excluding hydrogens is 230 g/mol. The summed E-state index contributed by atoms with van der Waals surface area (Å²) in [6.45, 7) is 7.49. The number of nitrogens with one attached hydrogen (secondary N) is 1. The number of nitrogens with zero attached hydrogens (tertiary/aromatic N) is 2. The van der Waals surface area contributed by atoms with Crippen LogP contribution in [-0.4, -0.2) is 40.2 Å². The summed E-state index contributed by atoms with van der Waals surface area (Å²) in [5.74, 6) is 0. The molecule has 5 nitrogen and oxygen atoms in total. The van der Waals surface area contributed by atoms with Gasteiger partial charge in [0.05, 0.1) is 18.0 Å². The van der Waals surface area contributed by atoms with E-state index in [4.69, 9.17) is 4.74 Å². The third kappa shape index (κ3) is 3.10. The first kappa shape index (κ1) is 13.5. The Kier molecular flexibility index (Phi) is 4.37. The van der Waals surface area contributed by atoms with Crippen LogP contribution in [0.15, 0.2) is 6.07 Å². The summed E-state index contributed by atoms with van der Waals surface area (Å²) >= 11 is 0. The summed E-state index contributed by atoms with van der Waals surface area (Å²) in [4.78, 5) is 0. The maximum absolute atomic E-state index is 10.1. The topological polar surface area (TPSA) is 59.3 Å². The van der Waals surface area contributed by atoms with Crippen LogP contribution in [0.1, 0.15) is 31.7 Å². The first-order chi connectivity index (χ1) is 8.67. The van der Waals surface area contributed by atoms with E-state index in [1.165, 1.54) is 5.69 Å². The number of aromatic nitrogens is 2. The van der Waals surface area contributed by atoms with Gasteiger partial charge in [-0.1, -0.05) is 6.92 Å². The summed E-state index contributed by atoms with van der Waals surface area (Å²) in [6.07, 6.45) is 1.67. The molecule has 0 amide bonds. The van der Waals surface area contributed by atoms with Gasteiger partial charge in [-0.3, -0.25) is 4.68 Å². The monoisotopic (exact) mass is 253 g/mol. The summed E-state index contributed by atoms with van der Waals surface area (Å²) in [5, 5.41) is 17.9. The van der Waals surface area contributed by atoms with E-state index in [9.17, 15) is 5.11 Å². The minimum Gasteiger partial charge on any atom is -0.386 e. The molecular formula is C13H23N3O2. The molecule has 1 aliphatic heterocycles. The smallest absolute Gasteiger partial charge is 0.103 e. The fourth-order valence-corrected chi connectivity index (χ4v) is 2.26. The van der Waals surface area contributed by atoms with Crippen molar-refractivity contribution in [3.05, 3.63) is 17.5 Å². The van der Waals surface area contributed by atoms with Crippen LogP contribution < -0.4 is 5.32 Å². The molecule has 1 unspecified atom stereocenters. The van der Waals surface area contributed by atoms with Crippen LogP contribution in [0.5, 0.6) is 0 Å². The van der Waals surface area contributed by atoms with Gasteiger partial charge in [0, 0.05) is 32.7 Å². The van der Waals surface area contributed by atoms with Gasteiger partial charge in [0.2, 0.25) is 0 Å². The zero-order valence-corrected chi connectivity index (χ0v) is 11.3. The predicted octanol–water partition coefficient (Wildman–Crippen LogP) is 0.706. The lowest BCUT2D eigenvalue weighted by molar-refractivity contribution is 0.0267. The van der Waals surface area contributed by atoms with Crippen LogP contribution in [0.3, 0.4) is 0 Å². The Labute approximate surface area is 108 Å². The minimum atomic E-state index is -0.690. The molecule has 0 spiro atoms. The second-order valence-corrected chi connectivity index (χ2v) is 4.93. The summed E-state index contributed by atoms with van der Waals surface area (Å²) < 4.78 is 7.24. The van der Waals surface area contributed by atoms with E-state index < -0.39 is 5.60 Å². The zero-order chi connectivity index (χ0) is 13.0. The van der Waals surface area contributed by atoms with E-state index in [1.54, 1.807) is 0 Å². The molecule has 0 aromatic carbocycles. The number of hydrogen-bond donors (Lipinski definition) is 2. The van der Waals surface area contributed by atoms with Crippen LogP contribution in [-0.2, 0) is 24.2 Å². The highest BCUT2D eigenvalue weighted by Gasteiger charge is 2.31. The van der Waals surface area contributed by atoms with Crippen LogP contribution in [0.25, 0.3) is 0 Å². The average Bonchev–Trinajstić information content (AvgIpc) is 2.96. The Balaban J connectivity index is 1.87. The Morgan fingerprint density at radius 3 is 3.00 bits per heavy atom. The molecule has 0 bridgehead atoms. The zero-order valence-electron chi connectivity index (χ0n) is 11.3. The minimum absolute atomic E-state index is 0.438. The van der Waals surface area contributed by atoms with E-state index in [0.717, 1.165) is 25.2 Å². The second-order valence-electron chi connectivity index (χ2n) is 4.93. The molecule has 102 valence electrons. The van der Waals surface area contributed by atoms with E-state index in [1.807, 2.05) is 4.68 Å². The third-order valence-electron chi connectivity index (χ3n) is 3.42. The maximum atomic E-state index is 10.1. The summed E-state index contributed by atoms with van der Waals surface area (Å²) in [6, 6.07) is 2.13. The van der Waals surface area contributed by atoms with Crippen molar-refractivity contribution in [1.29, 1.82) is 0 Å². The highest BCUT2D eigenvalue weighted by molar-refractivity contribution is 5.10. The van der Waals surface area contributed by atoms with Gasteiger partial charge in [-0.05, 0) is 19.4 Å². The van der Waals surface area contributed by atoms with Crippen LogP contribution in [0, 0.1) is 0 Å². The van der Waals surface area contributed by atoms with Gasteiger partial charge >= 0.3 is 0 Å². The standard InChI is InChI=1S/C13H23N3O2/c1-3-11-7-12(16(4-2)15-11)8-14-9-13(17)5-6-18-10-13/h7,14,17H,3-6,8-10H2,1-2H3. The van der Waals surface area contributed by atoms with Crippen molar-refractivity contribution < 1.29 is 9.84 Å². The lowest BCUT2D eigenvalue weighted by Crippen LogP contribution is -2.41. The molecule has 1 aromatic heterocycles. The van der Waals surface area contributed by atoms with Gasteiger partial charge < -0.3 is 15.2 Å². The lowest BCUT2D eigenvalue weighted by Gasteiger charge is -2.20. The molecule has 18 heavy (non-hydrogen) atoms. The average molecular weight is 253 g/mol. The summed E-state index contributed by atoms with van der Waals surface area (Å²) in [5.41, 5.74) is 1.61. The largest absolute Gasteiger partial charge is 0.386 e. The molecule has 0 radical (unpaired) electrons. The highest BCUT2D eigenvalue weighted by atomic mass is 16.5. The van der Waals surface area contributed by atoms with E-state index in [0.29, 0.717) is 26.2 Å². The van der Waals surface area contributed by atoms with Gasteiger partial charge in [-0.2, -0.15) is 5.10 Å². The van der Waals surface area contributed by atoms with Crippen molar-refractivity contribution in [2.75, 3.05) is 19.8 Å². The van der Waals surface area contributed by atoms with Crippen molar-refractivity contribution in [2.24, 2.45) is 0 Å². The quantitative estimate of drug-likeness (QED) is 0.784. The molecule has 2 N–H and O–H groups in total. The molecule has 0 saturated carbocycles. The van der Waals surface area contributed by atoms with Crippen molar-refractivity contribution in [1.82, 2.24) is 15.1 Å². The Morgan fingerprint density at radius 1 is 1.56 bits per heavy atom. The van der Waals surface area contributed by atoms with Crippen molar-refractivity contribution in [2.45, 2.75) is 45.4 Å². The number of rotatable bonds is 6. The highest BCUT2D eigenvalue weighted by Crippen LogP contribution is 2.17. The van der Waals surface area contributed by atoms with Crippen molar-refractivity contribution in [3.8, 4) is 0 Å². The number of aryl methyl sites for hydroxylation is 2. The van der Waals surface area contributed by atoms with E-state index in [-0.39, 0.29) is 0 Å². The Morgan fingerprint density at radius 2 is 2.39 bits per heavy atom. The van der Waals surface area contributed by atoms with Crippen molar-refractivity contribution >= 4 is 0 Å². The van der Waals surface area contributed by atoms with Gasteiger partial charge in [0.15, 0.2) is 0 Å². The fourth-order valence-electron chi connectivity index (χ4n) is 2.26. The normalized spacial score (nSPS) is 23.7. The third-order valence-corrected chi connectivity index (χ3v) is 3.42. The lowest BCUT2D eigenvalue weighted by atomic mass is 10.0. The predicted molar refractivity (Wildman–Crippen MR) is 69.4 cm³/mol. The first-order valence-electron chi connectivity index (χ1n) is 6.73. The Hall–Kier alpha value is -0.910. The maximum Gasteiger partial charge on any atom is 0.103 e. The van der Waals surface area contributed by atoms with Gasteiger partial charge in [-0.25, -0.2) is 0 Å². The molecule has 1 aromatic rings. The molecule has 1 atom stereocenters. The molecule has 1 aliphatic rings.